The quantitative estimate of drug-likeness (QED) is 0.538. The number of hydrogen-bond acceptors (Lipinski definition) is 3. The monoisotopic (exact) mass is 206 g/mol. The van der Waals surface area contributed by atoms with Crippen molar-refractivity contribution in [1.82, 2.24) is 9.78 Å². The van der Waals surface area contributed by atoms with Crippen molar-refractivity contribution in [2.45, 2.75) is 19.3 Å². The number of methoxy groups -OCH3 is 1. The maximum atomic E-state index is 11.5. The summed E-state index contributed by atoms with van der Waals surface area (Å²) in [7, 11) is 3.09. The molecule has 0 aliphatic rings. The number of carbonyl (C=O) groups is 1. The Kier molecular flexibility index (Phi) is 2.85. The largest absolute Gasteiger partial charge is 0.465 e. The zero-order chi connectivity index (χ0) is 11.6. The number of ether oxygens (including phenoxy) is 1. The maximum absolute atomic E-state index is 11.5. The molecule has 0 unspecified atom stereocenters. The molecule has 4 nitrogen and oxygen atoms in total. The molecule has 0 N–H and O–H groups in total. The van der Waals surface area contributed by atoms with Crippen LogP contribution in [0.2, 0.25) is 0 Å². The molecule has 0 radical (unpaired) electrons. The molecule has 1 heterocycles. The fourth-order valence-electron chi connectivity index (χ4n) is 1.51. The van der Waals surface area contributed by atoms with E-state index in [9.17, 15) is 4.79 Å². The summed E-state index contributed by atoms with van der Waals surface area (Å²) in [5.41, 5.74) is 0.564. The van der Waals surface area contributed by atoms with Gasteiger partial charge in [-0.1, -0.05) is 5.92 Å². The van der Waals surface area contributed by atoms with Crippen molar-refractivity contribution in [3.05, 3.63) is 17.5 Å². The lowest BCUT2D eigenvalue weighted by molar-refractivity contribution is 0.0598. The van der Waals surface area contributed by atoms with Crippen LogP contribution in [-0.4, -0.2) is 22.9 Å². The van der Waals surface area contributed by atoms with Crippen LogP contribution < -0.4 is 0 Å². The highest BCUT2D eigenvalue weighted by molar-refractivity contribution is 5.90. The zero-order valence-corrected chi connectivity index (χ0v) is 9.37. The molecule has 0 saturated heterocycles. The van der Waals surface area contributed by atoms with Gasteiger partial charge in [-0.2, -0.15) is 5.10 Å². The Morgan fingerprint density at radius 3 is 2.73 bits per heavy atom. The van der Waals surface area contributed by atoms with Crippen LogP contribution in [-0.2, 0) is 17.2 Å². The van der Waals surface area contributed by atoms with E-state index >= 15 is 0 Å². The van der Waals surface area contributed by atoms with Gasteiger partial charge in [0.05, 0.1) is 24.4 Å². The molecule has 0 saturated carbocycles. The number of rotatable bonds is 2. The second-order valence-corrected chi connectivity index (χ2v) is 3.79. The zero-order valence-electron chi connectivity index (χ0n) is 9.37. The van der Waals surface area contributed by atoms with Gasteiger partial charge >= 0.3 is 5.97 Å². The molecule has 0 atom stereocenters. The van der Waals surface area contributed by atoms with E-state index in [-0.39, 0.29) is 0 Å². The molecule has 0 aliphatic heterocycles. The van der Waals surface area contributed by atoms with Crippen LogP contribution in [0.4, 0.5) is 0 Å². The van der Waals surface area contributed by atoms with Gasteiger partial charge in [0.2, 0.25) is 0 Å². The van der Waals surface area contributed by atoms with Crippen molar-refractivity contribution in [2.75, 3.05) is 7.11 Å². The van der Waals surface area contributed by atoms with E-state index in [1.807, 2.05) is 13.8 Å². The Hall–Kier alpha value is -1.76. The molecule has 1 aromatic heterocycles. The van der Waals surface area contributed by atoms with Crippen LogP contribution in [0.5, 0.6) is 0 Å². The predicted molar refractivity (Wildman–Crippen MR) is 56.4 cm³/mol. The summed E-state index contributed by atoms with van der Waals surface area (Å²) >= 11 is 0. The normalized spacial score (nSPS) is 10.9. The van der Waals surface area contributed by atoms with Gasteiger partial charge in [-0.15, -0.1) is 6.42 Å². The molecule has 0 aliphatic carbocycles. The highest BCUT2D eigenvalue weighted by Gasteiger charge is 2.28. The minimum atomic E-state index is -0.547. The number of terminal acetylenes is 1. The molecule has 80 valence electrons. The van der Waals surface area contributed by atoms with Gasteiger partial charge in [-0.3, -0.25) is 4.68 Å². The molecule has 0 aromatic carbocycles. The van der Waals surface area contributed by atoms with Gasteiger partial charge in [0.25, 0.3) is 0 Å². The lowest BCUT2D eigenvalue weighted by atomic mass is 9.88. The number of nitrogens with zero attached hydrogens (tertiary/aromatic N) is 2. The highest BCUT2D eigenvalue weighted by Crippen LogP contribution is 2.25. The molecule has 1 aromatic rings. The van der Waals surface area contributed by atoms with E-state index in [2.05, 4.69) is 15.8 Å². The molecule has 4 heteroatoms. The third-order valence-corrected chi connectivity index (χ3v) is 2.30. The van der Waals surface area contributed by atoms with Crippen molar-refractivity contribution in [3.8, 4) is 12.3 Å². The highest BCUT2D eigenvalue weighted by atomic mass is 16.5. The van der Waals surface area contributed by atoms with Gasteiger partial charge in [-0.05, 0) is 13.8 Å². The van der Waals surface area contributed by atoms with Crippen molar-refractivity contribution >= 4 is 5.97 Å². The summed E-state index contributed by atoms with van der Waals surface area (Å²) in [4.78, 5) is 11.5. The second-order valence-electron chi connectivity index (χ2n) is 3.79. The third-order valence-electron chi connectivity index (χ3n) is 2.30. The van der Waals surface area contributed by atoms with E-state index in [0.29, 0.717) is 11.3 Å². The van der Waals surface area contributed by atoms with E-state index in [1.54, 1.807) is 11.7 Å². The lowest BCUT2D eigenvalue weighted by Crippen LogP contribution is -2.22. The average molecular weight is 206 g/mol. The molecule has 0 bridgehead atoms. The Balaban J connectivity index is 3.35. The minimum Gasteiger partial charge on any atom is -0.465 e. The lowest BCUT2D eigenvalue weighted by Gasteiger charge is -2.19. The van der Waals surface area contributed by atoms with Gasteiger partial charge < -0.3 is 4.74 Å². The summed E-state index contributed by atoms with van der Waals surface area (Å²) in [6, 6.07) is 0. The number of hydrogen-bond donors (Lipinski definition) is 0. The van der Waals surface area contributed by atoms with Gasteiger partial charge in [0.1, 0.15) is 5.56 Å². The van der Waals surface area contributed by atoms with Crippen LogP contribution in [0.15, 0.2) is 6.20 Å². The van der Waals surface area contributed by atoms with Crippen LogP contribution in [0.25, 0.3) is 0 Å². The summed E-state index contributed by atoms with van der Waals surface area (Å²) in [5.74, 6) is 2.22. The van der Waals surface area contributed by atoms with E-state index in [0.717, 1.165) is 0 Å². The smallest absolute Gasteiger partial charge is 0.341 e. The van der Waals surface area contributed by atoms with Gasteiger partial charge in [0, 0.05) is 7.05 Å². The SMILES string of the molecule is C#CC(C)(C)c1c(C(=O)OC)cnn1C. The summed E-state index contributed by atoms with van der Waals surface area (Å²) in [6.07, 6.45) is 6.91. The van der Waals surface area contributed by atoms with Crippen LogP contribution >= 0.6 is 0 Å². The van der Waals surface area contributed by atoms with Crippen molar-refractivity contribution in [2.24, 2.45) is 7.05 Å². The van der Waals surface area contributed by atoms with E-state index in [1.165, 1.54) is 13.3 Å². The Labute approximate surface area is 89.2 Å². The fourth-order valence-corrected chi connectivity index (χ4v) is 1.51. The Morgan fingerprint density at radius 1 is 1.67 bits per heavy atom. The van der Waals surface area contributed by atoms with Crippen LogP contribution in [0, 0.1) is 12.3 Å². The molecular weight excluding hydrogens is 192 g/mol. The third kappa shape index (κ3) is 1.86. The first kappa shape index (κ1) is 11.3. The summed E-state index contributed by atoms with van der Waals surface area (Å²) in [6.45, 7) is 3.72. The van der Waals surface area contributed by atoms with Crippen LogP contribution in [0.3, 0.4) is 0 Å². The molecule has 1 rings (SSSR count). The first-order valence-corrected chi connectivity index (χ1v) is 4.52. The maximum Gasteiger partial charge on any atom is 0.341 e. The van der Waals surface area contributed by atoms with Crippen molar-refractivity contribution in [1.29, 1.82) is 0 Å². The Bertz CT molecular complexity index is 424. The number of aromatic nitrogens is 2. The standard InChI is InChI=1S/C11H14N2O2/c1-6-11(2,3)9-8(10(14)15-5)7-12-13(9)4/h1,7H,2-5H3. The summed E-state index contributed by atoms with van der Waals surface area (Å²) < 4.78 is 6.27. The molecule has 0 fully saturated rings. The number of esters is 1. The van der Waals surface area contributed by atoms with E-state index in [4.69, 9.17) is 6.42 Å². The fraction of sp³-hybridized carbons (Fsp3) is 0.455. The first-order chi connectivity index (χ1) is 6.94. The van der Waals surface area contributed by atoms with Crippen LogP contribution in [0.1, 0.15) is 29.9 Å². The summed E-state index contributed by atoms with van der Waals surface area (Å²) in [5, 5.41) is 4.02. The molecule has 0 amide bonds. The number of aryl methyl sites for hydroxylation is 1. The topological polar surface area (TPSA) is 44.1 Å². The van der Waals surface area contributed by atoms with E-state index < -0.39 is 11.4 Å². The second kappa shape index (κ2) is 3.77. The molecule has 0 spiro atoms. The van der Waals surface area contributed by atoms with Gasteiger partial charge in [0.15, 0.2) is 0 Å². The van der Waals surface area contributed by atoms with Crippen molar-refractivity contribution < 1.29 is 9.53 Å². The predicted octanol–water partition coefficient (Wildman–Crippen LogP) is 1.12. The Morgan fingerprint density at radius 2 is 2.27 bits per heavy atom. The first-order valence-electron chi connectivity index (χ1n) is 4.52. The molecule has 15 heavy (non-hydrogen) atoms. The number of carbonyl (C=O) groups excluding carboxylic acids is 1. The minimum absolute atomic E-state index is 0.415. The van der Waals surface area contributed by atoms with Crippen molar-refractivity contribution in [3.63, 3.8) is 0 Å². The average Bonchev–Trinajstić information content (AvgIpc) is 2.59. The van der Waals surface area contributed by atoms with Gasteiger partial charge in [-0.25, -0.2) is 4.79 Å². The molecular formula is C11H14N2O2.